The molecule has 3 N–H and O–H groups in total. The third kappa shape index (κ3) is 5.03. The van der Waals surface area contributed by atoms with E-state index in [4.69, 9.17) is 4.74 Å². The molecule has 1 aromatic carbocycles. The second kappa shape index (κ2) is 8.91. The van der Waals surface area contributed by atoms with Crippen LogP contribution in [0.4, 0.5) is 5.82 Å². The number of aryl methyl sites for hydroxylation is 1. The summed E-state index contributed by atoms with van der Waals surface area (Å²) in [5, 5.41) is 12.7. The molecule has 1 unspecified atom stereocenters. The summed E-state index contributed by atoms with van der Waals surface area (Å²) >= 11 is 1.64. The lowest BCUT2D eigenvalue weighted by Gasteiger charge is -2.21. The van der Waals surface area contributed by atoms with Crippen molar-refractivity contribution in [1.29, 1.82) is 0 Å². The molecule has 1 atom stereocenters. The minimum atomic E-state index is -0.700. The minimum absolute atomic E-state index is 0.101. The number of carbonyl (C=O) groups is 2. The number of nitrogens with one attached hydrogen (secondary N) is 3. The average molecular weight is 413 g/mol. The number of aromatic nitrogens is 2. The molecule has 2 aromatic heterocycles. The fourth-order valence-electron chi connectivity index (χ4n) is 2.80. The molecular weight excluding hydrogens is 388 g/mol. The maximum atomic E-state index is 12.8. The van der Waals surface area contributed by atoms with Crippen molar-refractivity contribution in [3.05, 3.63) is 52.9 Å². The van der Waals surface area contributed by atoms with Crippen molar-refractivity contribution in [3.8, 4) is 16.3 Å². The summed E-state index contributed by atoms with van der Waals surface area (Å²) in [4.78, 5) is 27.6. The molecular formula is C21H24N4O3S. The summed E-state index contributed by atoms with van der Waals surface area (Å²) in [5.74, 6) is 0.339. The van der Waals surface area contributed by atoms with Crippen LogP contribution in [0.1, 0.15) is 29.1 Å². The fraction of sp³-hybridized carbons (Fsp3) is 0.286. The zero-order valence-corrected chi connectivity index (χ0v) is 17.6. The Bertz CT molecular complexity index is 992. The van der Waals surface area contributed by atoms with Gasteiger partial charge in [0.25, 0.3) is 5.91 Å². The lowest BCUT2D eigenvalue weighted by atomic mass is 10.0. The molecule has 3 aromatic rings. The number of aromatic amines is 1. The summed E-state index contributed by atoms with van der Waals surface area (Å²) in [7, 11) is 1.56. The predicted octanol–water partition coefficient (Wildman–Crippen LogP) is 3.85. The van der Waals surface area contributed by atoms with Crippen molar-refractivity contribution < 1.29 is 14.3 Å². The van der Waals surface area contributed by atoms with Gasteiger partial charge in [-0.1, -0.05) is 13.8 Å². The van der Waals surface area contributed by atoms with Crippen molar-refractivity contribution in [1.82, 2.24) is 15.5 Å². The number of hydrogen-bond acceptors (Lipinski definition) is 5. The first-order valence-electron chi connectivity index (χ1n) is 9.25. The lowest BCUT2D eigenvalue weighted by molar-refractivity contribution is -0.118. The van der Waals surface area contributed by atoms with Crippen LogP contribution in [0.25, 0.3) is 10.6 Å². The third-order valence-electron chi connectivity index (χ3n) is 4.42. The molecule has 29 heavy (non-hydrogen) atoms. The molecule has 3 rings (SSSR count). The number of rotatable bonds is 7. The second-order valence-corrected chi connectivity index (χ2v) is 8.28. The Balaban J connectivity index is 1.67. The summed E-state index contributed by atoms with van der Waals surface area (Å²) in [6.45, 7) is 5.79. The van der Waals surface area contributed by atoms with Crippen molar-refractivity contribution in [2.24, 2.45) is 5.92 Å². The number of methoxy groups -OCH3 is 1. The van der Waals surface area contributed by atoms with Gasteiger partial charge in [0.15, 0.2) is 5.82 Å². The average Bonchev–Trinajstić information content (AvgIpc) is 3.34. The molecule has 0 aliphatic heterocycles. The van der Waals surface area contributed by atoms with Gasteiger partial charge in [-0.05, 0) is 49.2 Å². The zero-order valence-electron chi connectivity index (χ0n) is 16.8. The van der Waals surface area contributed by atoms with Crippen molar-refractivity contribution in [2.75, 3.05) is 12.4 Å². The monoisotopic (exact) mass is 412 g/mol. The van der Waals surface area contributed by atoms with Gasteiger partial charge in [-0.2, -0.15) is 5.10 Å². The Hall–Kier alpha value is -3.13. The highest BCUT2D eigenvalue weighted by atomic mass is 32.1. The topological polar surface area (TPSA) is 96.1 Å². The number of anilines is 1. The van der Waals surface area contributed by atoms with Gasteiger partial charge in [0.05, 0.1) is 17.7 Å². The van der Waals surface area contributed by atoms with Crippen LogP contribution in [0.3, 0.4) is 0 Å². The van der Waals surface area contributed by atoms with E-state index in [9.17, 15) is 9.59 Å². The molecule has 2 amide bonds. The third-order valence-corrected chi connectivity index (χ3v) is 5.46. The van der Waals surface area contributed by atoms with Crippen molar-refractivity contribution in [2.45, 2.75) is 26.8 Å². The standard InChI is InChI=1S/C21H24N4O3S/c1-12(2)19(23-20(26)14-6-8-15(28-4)9-7-14)21(27)22-18-11-16(24-25-18)17-10-5-13(3)29-17/h5-12,19H,1-4H3,(H,23,26)(H2,22,24,25,27). The minimum Gasteiger partial charge on any atom is -0.497 e. The van der Waals surface area contributed by atoms with Gasteiger partial charge in [0.2, 0.25) is 5.91 Å². The molecule has 2 heterocycles. The number of carbonyl (C=O) groups excluding carboxylic acids is 2. The van der Waals surface area contributed by atoms with E-state index in [1.165, 1.54) is 4.88 Å². The zero-order chi connectivity index (χ0) is 21.0. The molecule has 0 spiro atoms. The van der Waals surface area contributed by atoms with Gasteiger partial charge in [-0.3, -0.25) is 14.7 Å². The van der Waals surface area contributed by atoms with E-state index in [0.29, 0.717) is 17.1 Å². The van der Waals surface area contributed by atoms with Crippen LogP contribution in [-0.2, 0) is 4.79 Å². The van der Waals surface area contributed by atoms with Gasteiger partial charge < -0.3 is 15.4 Å². The summed E-state index contributed by atoms with van der Waals surface area (Å²) in [5.41, 5.74) is 1.29. The smallest absolute Gasteiger partial charge is 0.251 e. The van der Waals surface area contributed by atoms with E-state index >= 15 is 0 Å². The highest BCUT2D eigenvalue weighted by Gasteiger charge is 2.25. The van der Waals surface area contributed by atoms with Crippen LogP contribution in [0, 0.1) is 12.8 Å². The van der Waals surface area contributed by atoms with E-state index in [-0.39, 0.29) is 17.7 Å². The first-order chi connectivity index (χ1) is 13.9. The molecule has 0 aliphatic rings. The van der Waals surface area contributed by atoms with E-state index in [1.807, 2.05) is 32.9 Å². The SMILES string of the molecule is COc1ccc(C(=O)NC(C(=O)Nc2cc(-c3ccc(C)s3)[nH]n2)C(C)C)cc1. The Morgan fingerprint density at radius 3 is 2.45 bits per heavy atom. The highest BCUT2D eigenvalue weighted by molar-refractivity contribution is 7.15. The summed E-state index contributed by atoms with van der Waals surface area (Å²) < 4.78 is 5.10. The molecule has 0 fully saturated rings. The van der Waals surface area contributed by atoms with Gasteiger partial charge in [-0.15, -0.1) is 11.3 Å². The number of hydrogen-bond donors (Lipinski definition) is 3. The Morgan fingerprint density at radius 2 is 1.86 bits per heavy atom. The van der Waals surface area contributed by atoms with Crippen molar-refractivity contribution >= 4 is 29.0 Å². The first kappa shape index (κ1) is 20.6. The normalized spacial score (nSPS) is 11.9. The predicted molar refractivity (Wildman–Crippen MR) is 114 cm³/mol. The highest BCUT2D eigenvalue weighted by Crippen LogP contribution is 2.27. The van der Waals surface area contributed by atoms with Crippen LogP contribution >= 0.6 is 11.3 Å². The Morgan fingerprint density at radius 1 is 1.14 bits per heavy atom. The van der Waals surface area contributed by atoms with Gasteiger partial charge in [0, 0.05) is 16.5 Å². The van der Waals surface area contributed by atoms with Crippen molar-refractivity contribution in [3.63, 3.8) is 0 Å². The first-order valence-corrected chi connectivity index (χ1v) is 10.1. The molecule has 152 valence electrons. The number of amides is 2. The molecule has 0 saturated carbocycles. The summed E-state index contributed by atoms with van der Waals surface area (Å²) in [6, 6.07) is 11.8. The molecule has 8 heteroatoms. The number of thiophene rings is 1. The molecule has 0 aliphatic carbocycles. The Labute approximate surface area is 173 Å². The maximum Gasteiger partial charge on any atom is 0.251 e. The van der Waals surface area contributed by atoms with Crippen LogP contribution in [0.5, 0.6) is 5.75 Å². The van der Waals surface area contributed by atoms with Gasteiger partial charge in [0.1, 0.15) is 11.8 Å². The van der Waals surface area contributed by atoms with E-state index in [0.717, 1.165) is 10.6 Å². The number of ether oxygens (including phenoxy) is 1. The lowest BCUT2D eigenvalue weighted by Crippen LogP contribution is -2.47. The van der Waals surface area contributed by atoms with E-state index in [2.05, 4.69) is 20.8 Å². The van der Waals surface area contributed by atoms with Crippen LogP contribution in [-0.4, -0.2) is 35.2 Å². The van der Waals surface area contributed by atoms with Crippen LogP contribution in [0.2, 0.25) is 0 Å². The largest absolute Gasteiger partial charge is 0.497 e. The van der Waals surface area contributed by atoms with Crippen LogP contribution in [0.15, 0.2) is 42.5 Å². The van der Waals surface area contributed by atoms with Gasteiger partial charge in [-0.25, -0.2) is 0 Å². The number of H-pyrrole nitrogens is 1. The molecule has 0 radical (unpaired) electrons. The Kier molecular flexibility index (Phi) is 6.33. The second-order valence-electron chi connectivity index (χ2n) is 6.99. The molecule has 7 nitrogen and oxygen atoms in total. The molecule has 0 saturated heterocycles. The molecule has 0 bridgehead atoms. The number of nitrogens with zero attached hydrogens (tertiary/aromatic N) is 1. The maximum absolute atomic E-state index is 12.8. The summed E-state index contributed by atoms with van der Waals surface area (Å²) in [6.07, 6.45) is 0. The fourth-order valence-corrected chi connectivity index (χ4v) is 3.63. The van der Waals surface area contributed by atoms with Crippen LogP contribution < -0.4 is 15.4 Å². The number of benzene rings is 1. The quantitative estimate of drug-likeness (QED) is 0.549. The van der Waals surface area contributed by atoms with E-state index < -0.39 is 6.04 Å². The van der Waals surface area contributed by atoms with E-state index in [1.54, 1.807) is 48.8 Å². The van der Waals surface area contributed by atoms with Gasteiger partial charge >= 0.3 is 0 Å².